The second kappa shape index (κ2) is 3.75. The van der Waals surface area contributed by atoms with Crippen LogP contribution in [-0.2, 0) is 6.42 Å². The molecule has 2 rings (SSSR count). The Morgan fingerprint density at radius 2 is 2.50 bits per heavy atom. The number of hydrogen-bond acceptors (Lipinski definition) is 5. The van der Waals surface area contributed by atoms with Gasteiger partial charge in [0, 0.05) is 6.42 Å². The van der Waals surface area contributed by atoms with Crippen LogP contribution >= 0.6 is 0 Å². The first-order valence-corrected chi connectivity index (χ1v) is 4.52. The Kier molecular flexibility index (Phi) is 2.45. The van der Waals surface area contributed by atoms with Crippen LogP contribution < -0.4 is 5.32 Å². The second-order valence-corrected chi connectivity index (χ2v) is 3.37. The van der Waals surface area contributed by atoms with Gasteiger partial charge >= 0.3 is 11.9 Å². The van der Waals surface area contributed by atoms with E-state index in [1.165, 1.54) is 0 Å². The molecular weight excluding hydrogens is 186 g/mol. The molecule has 0 spiro atoms. The molecular formula is C8H11N3O3. The average molecular weight is 197 g/mol. The van der Waals surface area contributed by atoms with Crippen LogP contribution in [-0.4, -0.2) is 34.4 Å². The van der Waals surface area contributed by atoms with E-state index in [4.69, 9.17) is 9.52 Å². The van der Waals surface area contributed by atoms with E-state index in [9.17, 15) is 4.79 Å². The molecule has 1 aliphatic rings. The number of aromatic nitrogens is 2. The van der Waals surface area contributed by atoms with E-state index in [1.54, 1.807) is 0 Å². The summed E-state index contributed by atoms with van der Waals surface area (Å²) < 4.78 is 4.96. The van der Waals surface area contributed by atoms with Crippen molar-refractivity contribution in [2.75, 3.05) is 13.1 Å². The average Bonchev–Trinajstić information content (AvgIpc) is 2.75. The molecule has 0 bridgehead atoms. The van der Waals surface area contributed by atoms with Gasteiger partial charge in [-0.25, -0.2) is 4.79 Å². The number of rotatable bonds is 3. The van der Waals surface area contributed by atoms with E-state index < -0.39 is 5.97 Å². The van der Waals surface area contributed by atoms with Crippen molar-refractivity contribution in [1.82, 2.24) is 15.5 Å². The van der Waals surface area contributed by atoms with E-state index in [1.807, 2.05) is 0 Å². The van der Waals surface area contributed by atoms with Gasteiger partial charge in [-0.3, -0.25) is 0 Å². The van der Waals surface area contributed by atoms with Crippen LogP contribution in [0.3, 0.4) is 0 Å². The maximum atomic E-state index is 10.4. The van der Waals surface area contributed by atoms with Gasteiger partial charge in [0.25, 0.3) is 0 Å². The number of nitrogens with zero attached hydrogens (tertiary/aromatic N) is 2. The molecule has 1 fully saturated rings. The zero-order valence-electron chi connectivity index (χ0n) is 7.56. The number of nitrogens with one attached hydrogen (secondary N) is 1. The van der Waals surface area contributed by atoms with Gasteiger partial charge in [-0.15, -0.1) is 10.2 Å². The van der Waals surface area contributed by atoms with Crippen LogP contribution in [0, 0.1) is 5.92 Å². The minimum Gasteiger partial charge on any atom is -0.474 e. The van der Waals surface area contributed by atoms with Crippen molar-refractivity contribution in [3.63, 3.8) is 0 Å². The van der Waals surface area contributed by atoms with E-state index in [2.05, 4.69) is 15.5 Å². The molecule has 14 heavy (non-hydrogen) atoms. The lowest BCUT2D eigenvalue weighted by molar-refractivity contribution is 0.0651. The fraction of sp³-hybridized carbons (Fsp3) is 0.625. The highest BCUT2D eigenvalue weighted by atomic mass is 16.4. The van der Waals surface area contributed by atoms with Gasteiger partial charge < -0.3 is 14.8 Å². The third-order valence-electron chi connectivity index (χ3n) is 2.28. The van der Waals surface area contributed by atoms with E-state index in [-0.39, 0.29) is 5.89 Å². The topological polar surface area (TPSA) is 88.2 Å². The molecule has 0 amide bonds. The quantitative estimate of drug-likeness (QED) is 0.704. The molecule has 1 aliphatic heterocycles. The van der Waals surface area contributed by atoms with Crippen LogP contribution in [0.2, 0.25) is 0 Å². The molecule has 1 saturated heterocycles. The lowest BCUT2D eigenvalue weighted by Gasteiger charge is -2.01. The highest BCUT2D eigenvalue weighted by molar-refractivity contribution is 5.81. The largest absolute Gasteiger partial charge is 0.474 e. The van der Waals surface area contributed by atoms with Crippen LogP contribution in [0.1, 0.15) is 23.0 Å². The Labute approximate surface area is 80.3 Å². The van der Waals surface area contributed by atoms with Gasteiger partial charge in [0.15, 0.2) is 0 Å². The molecule has 76 valence electrons. The van der Waals surface area contributed by atoms with Crippen molar-refractivity contribution in [1.29, 1.82) is 0 Å². The molecule has 6 heteroatoms. The standard InChI is InChI=1S/C8H11N3O3/c12-8(13)7-11-10-6(14-7)3-5-1-2-9-4-5/h5,9H,1-4H2,(H,12,13). The number of hydrogen-bond donors (Lipinski definition) is 2. The molecule has 0 saturated carbocycles. The van der Waals surface area contributed by atoms with Crippen molar-refractivity contribution in [3.8, 4) is 0 Å². The first kappa shape index (κ1) is 9.14. The smallest absolute Gasteiger partial charge is 0.393 e. The molecule has 0 aliphatic carbocycles. The monoisotopic (exact) mass is 197 g/mol. The zero-order chi connectivity index (χ0) is 9.97. The maximum Gasteiger partial charge on any atom is 0.393 e. The molecule has 2 heterocycles. The zero-order valence-corrected chi connectivity index (χ0v) is 7.56. The minimum absolute atomic E-state index is 0.328. The summed E-state index contributed by atoms with van der Waals surface area (Å²) in [6.07, 6.45) is 1.73. The molecule has 1 aromatic rings. The van der Waals surface area contributed by atoms with Crippen molar-refractivity contribution in [2.45, 2.75) is 12.8 Å². The van der Waals surface area contributed by atoms with Gasteiger partial charge in [-0.1, -0.05) is 0 Å². The van der Waals surface area contributed by atoms with Gasteiger partial charge in [0.05, 0.1) is 0 Å². The maximum absolute atomic E-state index is 10.4. The summed E-state index contributed by atoms with van der Waals surface area (Å²) >= 11 is 0. The number of carboxylic acid groups (broad SMARTS) is 1. The number of aromatic carboxylic acids is 1. The Bertz CT molecular complexity index is 330. The van der Waals surface area contributed by atoms with Crippen molar-refractivity contribution < 1.29 is 14.3 Å². The fourth-order valence-corrected chi connectivity index (χ4v) is 1.56. The highest BCUT2D eigenvalue weighted by Crippen LogP contribution is 2.14. The second-order valence-electron chi connectivity index (χ2n) is 3.37. The normalized spacial score (nSPS) is 21.3. The molecule has 0 radical (unpaired) electrons. The van der Waals surface area contributed by atoms with Crippen molar-refractivity contribution in [2.24, 2.45) is 5.92 Å². The summed E-state index contributed by atoms with van der Waals surface area (Å²) in [5.41, 5.74) is 0. The number of carbonyl (C=O) groups is 1. The highest BCUT2D eigenvalue weighted by Gasteiger charge is 2.19. The lowest BCUT2D eigenvalue weighted by Crippen LogP contribution is -2.10. The predicted octanol–water partition coefficient (Wildman–Crippen LogP) is -0.0802. The predicted molar refractivity (Wildman–Crippen MR) is 45.9 cm³/mol. The summed E-state index contributed by atoms with van der Waals surface area (Å²) in [7, 11) is 0. The van der Waals surface area contributed by atoms with Gasteiger partial charge in [-0.2, -0.15) is 0 Å². The third-order valence-corrected chi connectivity index (χ3v) is 2.28. The van der Waals surface area contributed by atoms with E-state index >= 15 is 0 Å². The summed E-state index contributed by atoms with van der Waals surface area (Å²) in [6, 6.07) is 0. The summed E-state index contributed by atoms with van der Waals surface area (Å²) in [4.78, 5) is 10.4. The van der Waals surface area contributed by atoms with Crippen LogP contribution in [0.5, 0.6) is 0 Å². The van der Waals surface area contributed by atoms with Crippen molar-refractivity contribution >= 4 is 5.97 Å². The Morgan fingerprint density at radius 1 is 1.64 bits per heavy atom. The summed E-state index contributed by atoms with van der Waals surface area (Å²) in [5.74, 6) is -0.604. The third kappa shape index (κ3) is 1.90. The van der Waals surface area contributed by atoms with Gasteiger partial charge in [0.2, 0.25) is 5.89 Å². The van der Waals surface area contributed by atoms with Crippen molar-refractivity contribution in [3.05, 3.63) is 11.8 Å². The Morgan fingerprint density at radius 3 is 3.07 bits per heavy atom. The number of carboxylic acids is 1. The van der Waals surface area contributed by atoms with Gasteiger partial charge in [-0.05, 0) is 25.4 Å². The molecule has 0 aromatic carbocycles. The van der Waals surface area contributed by atoms with Gasteiger partial charge in [0.1, 0.15) is 0 Å². The van der Waals surface area contributed by atoms with Crippen LogP contribution in [0.15, 0.2) is 4.42 Å². The van der Waals surface area contributed by atoms with Crippen LogP contribution in [0.4, 0.5) is 0 Å². The lowest BCUT2D eigenvalue weighted by atomic mass is 10.1. The van der Waals surface area contributed by atoms with E-state index in [0.717, 1.165) is 19.5 Å². The van der Waals surface area contributed by atoms with Crippen LogP contribution in [0.25, 0.3) is 0 Å². The SMILES string of the molecule is O=C(O)c1nnc(CC2CCNC2)o1. The molecule has 6 nitrogen and oxygen atoms in total. The Balaban J connectivity index is 1.98. The first-order chi connectivity index (χ1) is 6.75. The molecule has 1 atom stereocenters. The molecule has 1 unspecified atom stereocenters. The summed E-state index contributed by atoms with van der Waals surface area (Å²) in [5, 5.41) is 18.9. The minimum atomic E-state index is -1.17. The Hall–Kier alpha value is -1.43. The van der Waals surface area contributed by atoms with E-state index in [0.29, 0.717) is 18.2 Å². The fourth-order valence-electron chi connectivity index (χ4n) is 1.56. The summed E-state index contributed by atoms with van der Waals surface area (Å²) in [6.45, 7) is 1.94. The first-order valence-electron chi connectivity index (χ1n) is 4.52. The molecule has 1 aromatic heterocycles. The molecule has 2 N–H and O–H groups in total.